The Labute approximate surface area is 295 Å². The predicted molar refractivity (Wildman–Crippen MR) is 219 cm³/mol. The standard InChI is InChI=1S/C50H42/c1-49(2,3)37-23-16-33(17-24-37)46-40-12-7-8-13-41(40)47(34-18-25-38(26-19-34)50(4,5)6)44-30-36(22-29-43(44)46)39-27-20-35-15-14-31-10-9-11-32-21-28-42(39)48(35)45(31)32/h7-30H,1-6H3. The van der Waals surface area contributed by atoms with E-state index in [1.54, 1.807) is 0 Å². The van der Waals surface area contributed by atoms with E-state index in [-0.39, 0.29) is 10.8 Å². The van der Waals surface area contributed by atoms with Gasteiger partial charge in [-0.1, -0.05) is 181 Å². The summed E-state index contributed by atoms with van der Waals surface area (Å²) in [6.07, 6.45) is 0. The highest BCUT2D eigenvalue weighted by Gasteiger charge is 2.21. The second-order valence-electron chi connectivity index (χ2n) is 16.2. The smallest absolute Gasteiger partial charge is 0.00206 e. The lowest BCUT2D eigenvalue weighted by Crippen LogP contribution is -2.10. The first kappa shape index (κ1) is 30.6. The second-order valence-corrected chi connectivity index (χ2v) is 16.2. The maximum Gasteiger partial charge on any atom is -0.00206 e. The molecular formula is C50H42. The molecule has 0 aromatic heterocycles. The van der Waals surface area contributed by atoms with Crippen molar-refractivity contribution in [1.82, 2.24) is 0 Å². The van der Waals surface area contributed by atoms with E-state index in [1.807, 2.05) is 0 Å². The lowest BCUT2D eigenvalue weighted by molar-refractivity contribution is 0.590. The molecule has 0 heterocycles. The Morgan fingerprint density at radius 1 is 0.320 bits per heavy atom. The Morgan fingerprint density at radius 3 is 1.32 bits per heavy atom. The van der Waals surface area contributed by atoms with E-state index in [0.29, 0.717) is 0 Å². The summed E-state index contributed by atoms with van der Waals surface area (Å²) in [5, 5.41) is 13.0. The zero-order valence-electron chi connectivity index (χ0n) is 29.9. The number of fused-ring (bicyclic) bond motifs is 2. The van der Waals surface area contributed by atoms with Crippen molar-refractivity contribution in [3.05, 3.63) is 157 Å². The van der Waals surface area contributed by atoms with Crippen LogP contribution in [0.1, 0.15) is 52.7 Å². The maximum atomic E-state index is 2.47. The van der Waals surface area contributed by atoms with Gasteiger partial charge in [-0.05, 0) is 115 Å². The topological polar surface area (TPSA) is 0 Å². The third-order valence-corrected chi connectivity index (χ3v) is 10.9. The molecule has 0 N–H and O–H groups in total. The summed E-state index contributed by atoms with van der Waals surface area (Å²) in [4.78, 5) is 0. The van der Waals surface area contributed by atoms with Crippen LogP contribution in [0.15, 0.2) is 146 Å². The average Bonchev–Trinajstić information content (AvgIpc) is 3.12. The minimum absolute atomic E-state index is 0.0912. The molecule has 0 bridgehead atoms. The van der Waals surface area contributed by atoms with Crippen LogP contribution in [0.4, 0.5) is 0 Å². The molecule has 0 saturated carbocycles. The van der Waals surface area contributed by atoms with Crippen LogP contribution in [0.3, 0.4) is 0 Å². The van der Waals surface area contributed by atoms with E-state index >= 15 is 0 Å². The third-order valence-electron chi connectivity index (χ3n) is 10.9. The largest absolute Gasteiger partial charge is 0.0616 e. The lowest BCUT2D eigenvalue weighted by Gasteiger charge is -2.22. The number of hydrogen-bond donors (Lipinski definition) is 0. The number of hydrogen-bond acceptors (Lipinski definition) is 0. The summed E-state index contributed by atoms with van der Waals surface area (Å²) in [6.45, 7) is 13.7. The van der Waals surface area contributed by atoms with Crippen molar-refractivity contribution >= 4 is 53.9 Å². The van der Waals surface area contributed by atoms with Crippen LogP contribution in [0, 0.1) is 0 Å². The molecule has 9 rings (SSSR count). The van der Waals surface area contributed by atoms with Gasteiger partial charge < -0.3 is 0 Å². The van der Waals surface area contributed by atoms with E-state index in [2.05, 4.69) is 187 Å². The van der Waals surface area contributed by atoms with Crippen LogP contribution < -0.4 is 0 Å². The van der Waals surface area contributed by atoms with Gasteiger partial charge in [-0.2, -0.15) is 0 Å². The molecule has 50 heavy (non-hydrogen) atoms. The molecule has 0 fully saturated rings. The zero-order chi connectivity index (χ0) is 34.4. The summed E-state index contributed by atoms with van der Waals surface area (Å²) in [5.41, 5.74) is 10.5. The van der Waals surface area contributed by atoms with Crippen molar-refractivity contribution < 1.29 is 0 Å². The maximum absolute atomic E-state index is 2.47. The van der Waals surface area contributed by atoms with Crippen LogP contribution in [0.2, 0.25) is 0 Å². The molecule has 0 nitrogen and oxygen atoms in total. The van der Waals surface area contributed by atoms with Gasteiger partial charge in [0.25, 0.3) is 0 Å². The van der Waals surface area contributed by atoms with E-state index in [4.69, 9.17) is 0 Å². The van der Waals surface area contributed by atoms with Gasteiger partial charge in [-0.15, -0.1) is 0 Å². The van der Waals surface area contributed by atoms with Crippen LogP contribution in [0.5, 0.6) is 0 Å². The fourth-order valence-corrected chi connectivity index (χ4v) is 8.23. The monoisotopic (exact) mass is 642 g/mol. The lowest BCUT2D eigenvalue weighted by atomic mass is 9.82. The Kier molecular flexibility index (Phi) is 6.74. The molecule has 0 aliphatic carbocycles. The highest BCUT2D eigenvalue weighted by molar-refractivity contribution is 6.26. The van der Waals surface area contributed by atoms with Crippen molar-refractivity contribution in [2.24, 2.45) is 0 Å². The molecule has 9 aromatic carbocycles. The summed E-state index contributed by atoms with van der Waals surface area (Å²) in [6, 6.07) is 55.2. The van der Waals surface area contributed by atoms with Crippen LogP contribution in [0.25, 0.3) is 87.2 Å². The minimum atomic E-state index is 0.0912. The van der Waals surface area contributed by atoms with Crippen molar-refractivity contribution in [2.45, 2.75) is 52.4 Å². The molecule has 0 heteroatoms. The summed E-state index contributed by atoms with van der Waals surface area (Å²) < 4.78 is 0. The van der Waals surface area contributed by atoms with E-state index in [1.165, 1.54) is 98.4 Å². The number of benzene rings is 9. The number of rotatable bonds is 3. The van der Waals surface area contributed by atoms with Gasteiger partial charge in [0.05, 0.1) is 0 Å². The molecule has 0 unspecified atom stereocenters. The molecule has 0 spiro atoms. The van der Waals surface area contributed by atoms with Gasteiger partial charge in [0.1, 0.15) is 0 Å². The minimum Gasteiger partial charge on any atom is -0.0616 e. The Morgan fingerprint density at radius 2 is 0.760 bits per heavy atom. The average molecular weight is 643 g/mol. The summed E-state index contributed by atoms with van der Waals surface area (Å²) in [7, 11) is 0. The Hall–Kier alpha value is -5.46. The molecule has 0 radical (unpaired) electrons. The van der Waals surface area contributed by atoms with Gasteiger partial charge in [0, 0.05) is 0 Å². The van der Waals surface area contributed by atoms with Crippen LogP contribution >= 0.6 is 0 Å². The van der Waals surface area contributed by atoms with Gasteiger partial charge in [0.15, 0.2) is 0 Å². The van der Waals surface area contributed by atoms with Crippen molar-refractivity contribution in [3.8, 4) is 33.4 Å². The molecule has 9 aromatic rings. The molecule has 0 amide bonds. The molecule has 0 aliphatic heterocycles. The van der Waals surface area contributed by atoms with Gasteiger partial charge >= 0.3 is 0 Å². The van der Waals surface area contributed by atoms with E-state index in [0.717, 1.165) is 0 Å². The van der Waals surface area contributed by atoms with Crippen molar-refractivity contribution in [2.75, 3.05) is 0 Å². The van der Waals surface area contributed by atoms with E-state index < -0.39 is 0 Å². The molecule has 242 valence electrons. The van der Waals surface area contributed by atoms with Gasteiger partial charge in [0.2, 0.25) is 0 Å². The highest BCUT2D eigenvalue weighted by atomic mass is 14.2. The fraction of sp³-hybridized carbons (Fsp3) is 0.160. The Balaban J connectivity index is 1.36. The fourth-order valence-electron chi connectivity index (χ4n) is 8.23. The first-order valence-electron chi connectivity index (χ1n) is 17.9. The molecular weight excluding hydrogens is 601 g/mol. The van der Waals surface area contributed by atoms with E-state index in [9.17, 15) is 0 Å². The zero-order valence-corrected chi connectivity index (χ0v) is 29.9. The second kappa shape index (κ2) is 11.0. The normalized spacial score (nSPS) is 12.6. The SMILES string of the molecule is CC(C)(C)c1ccc(-c2c3ccccc3c(-c3ccc(C(C)(C)C)cc3)c3cc(-c4ccc5ccc6cccc7ccc4c5c67)ccc23)cc1. The highest BCUT2D eigenvalue weighted by Crippen LogP contribution is 2.47. The van der Waals surface area contributed by atoms with Gasteiger partial charge in [-0.25, -0.2) is 0 Å². The van der Waals surface area contributed by atoms with Crippen molar-refractivity contribution in [1.29, 1.82) is 0 Å². The third kappa shape index (κ3) is 4.81. The van der Waals surface area contributed by atoms with Crippen LogP contribution in [-0.2, 0) is 10.8 Å². The quantitative estimate of drug-likeness (QED) is 0.133. The summed E-state index contributed by atoms with van der Waals surface area (Å²) >= 11 is 0. The first-order valence-corrected chi connectivity index (χ1v) is 17.9. The first-order chi connectivity index (χ1) is 24.1. The molecule has 0 saturated heterocycles. The Bertz CT molecular complexity index is 2710. The van der Waals surface area contributed by atoms with Crippen molar-refractivity contribution in [3.63, 3.8) is 0 Å². The van der Waals surface area contributed by atoms with Gasteiger partial charge in [-0.3, -0.25) is 0 Å². The molecule has 0 aliphatic rings. The van der Waals surface area contributed by atoms with Crippen LogP contribution in [-0.4, -0.2) is 0 Å². The summed E-state index contributed by atoms with van der Waals surface area (Å²) in [5.74, 6) is 0. The molecule has 0 atom stereocenters. The predicted octanol–water partition coefficient (Wildman–Crippen LogP) is 14.5.